The van der Waals surface area contributed by atoms with E-state index in [0.29, 0.717) is 11.9 Å². The van der Waals surface area contributed by atoms with E-state index in [2.05, 4.69) is 11.5 Å². The number of hydrogen-bond acceptors (Lipinski definition) is 0. The molecule has 2 heteroatoms. The molecule has 1 fully saturated rings. The smallest absolute Gasteiger partial charge is 0.229 e. The van der Waals surface area contributed by atoms with Crippen molar-refractivity contribution in [2.75, 3.05) is 0 Å². The van der Waals surface area contributed by atoms with E-state index < -0.39 is 6.85 Å². The van der Waals surface area contributed by atoms with Crippen LogP contribution in [0.5, 0.6) is 0 Å². The van der Waals surface area contributed by atoms with Gasteiger partial charge in [-0.2, -0.15) is 4.57 Å². The maximum atomic E-state index is 8.14. The van der Waals surface area contributed by atoms with Crippen LogP contribution >= 0.6 is 0 Å². The second-order valence-corrected chi connectivity index (χ2v) is 5.92. The fraction of sp³-hybridized carbons (Fsp3) is 0.500. The van der Waals surface area contributed by atoms with Gasteiger partial charge in [-0.25, -0.2) is 4.57 Å². The minimum Gasteiger partial charge on any atom is -0.229 e. The van der Waals surface area contributed by atoms with Gasteiger partial charge in [-0.15, -0.1) is 0 Å². The highest BCUT2D eigenvalue weighted by atomic mass is 15.2. The lowest BCUT2D eigenvalue weighted by Crippen LogP contribution is -2.42. The molecule has 1 heterocycles. The standard InChI is InChI=1S/C18H25N2/c1-13-9-5-8-12-18(13)20-15(3)14(2)19(16(20)4)17-10-6-7-11-17/h5,8-9,12,17H,6-7,10-11H2,1-4H3/q+1/i4D3. The van der Waals surface area contributed by atoms with E-state index in [0.717, 1.165) is 35.5 Å². The molecule has 0 spiro atoms. The van der Waals surface area contributed by atoms with Crippen LogP contribution < -0.4 is 4.57 Å². The van der Waals surface area contributed by atoms with Crippen molar-refractivity contribution in [3.63, 3.8) is 0 Å². The molecular formula is C18H25N2+. The molecule has 1 saturated carbocycles. The van der Waals surface area contributed by atoms with E-state index in [1.807, 2.05) is 42.7 Å². The van der Waals surface area contributed by atoms with Gasteiger partial charge in [-0.05, 0) is 44.2 Å². The third kappa shape index (κ3) is 1.98. The summed E-state index contributed by atoms with van der Waals surface area (Å²) in [6, 6.07) is 8.32. The third-order valence-electron chi connectivity index (χ3n) is 4.71. The molecule has 1 aliphatic rings. The molecule has 2 aromatic rings. The van der Waals surface area contributed by atoms with Gasteiger partial charge in [0.15, 0.2) is 0 Å². The molecule has 1 aliphatic carbocycles. The zero-order chi connectivity index (χ0) is 16.8. The zero-order valence-electron chi connectivity index (χ0n) is 15.6. The van der Waals surface area contributed by atoms with Crippen molar-refractivity contribution in [3.05, 3.63) is 47.0 Å². The largest absolute Gasteiger partial charge is 0.259 e. The Bertz CT molecular complexity index is 723. The van der Waals surface area contributed by atoms with Gasteiger partial charge in [-0.3, -0.25) is 0 Å². The molecule has 20 heavy (non-hydrogen) atoms. The Hall–Kier alpha value is -1.57. The van der Waals surface area contributed by atoms with Gasteiger partial charge in [0.05, 0.1) is 0 Å². The highest BCUT2D eigenvalue weighted by Crippen LogP contribution is 2.28. The fourth-order valence-corrected chi connectivity index (χ4v) is 3.48. The summed E-state index contributed by atoms with van der Waals surface area (Å²) in [7, 11) is 0. The monoisotopic (exact) mass is 272 g/mol. The van der Waals surface area contributed by atoms with E-state index >= 15 is 0 Å². The number of nitrogens with zero attached hydrogens (tertiary/aromatic N) is 2. The molecule has 0 bridgehead atoms. The van der Waals surface area contributed by atoms with E-state index in [4.69, 9.17) is 4.11 Å². The van der Waals surface area contributed by atoms with Crippen molar-refractivity contribution in [2.45, 2.75) is 59.3 Å². The first-order valence-electron chi connectivity index (χ1n) is 9.02. The normalized spacial score (nSPS) is 18.9. The lowest BCUT2D eigenvalue weighted by molar-refractivity contribution is -0.732. The molecule has 0 radical (unpaired) electrons. The molecule has 106 valence electrons. The summed E-state index contributed by atoms with van der Waals surface area (Å²) in [5.74, 6) is 0.453. The average Bonchev–Trinajstić information content (AvgIpc) is 3.07. The Morgan fingerprint density at radius 3 is 2.50 bits per heavy atom. The summed E-state index contributed by atoms with van der Waals surface area (Å²) in [6.07, 6.45) is 4.52. The predicted octanol–water partition coefficient (Wildman–Crippen LogP) is 4.11. The number of aromatic nitrogens is 2. The Morgan fingerprint density at radius 2 is 1.85 bits per heavy atom. The molecule has 1 aromatic heterocycles. The van der Waals surface area contributed by atoms with Crippen LogP contribution in [-0.4, -0.2) is 4.57 Å². The van der Waals surface area contributed by atoms with E-state index in [1.165, 1.54) is 12.8 Å². The highest BCUT2D eigenvalue weighted by Gasteiger charge is 2.31. The summed E-state index contributed by atoms with van der Waals surface area (Å²) in [6.45, 7) is 3.98. The molecule has 0 aliphatic heterocycles. The van der Waals surface area contributed by atoms with Crippen molar-refractivity contribution in [3.8, 4) is 5.69 Å². The first-order valence-corrected chi connectivity index (χ1v) is 7.52. The van der Waals surface area contributed by atoms with E-state index in [9.17, 15) is 0 Å². The molecule has 2 nitrogen and oxygen atoms in total. The van der Waals surface area contributed by atoms with Crippen LogP contribution in [-0.2, 0) is 0 Å². The number of aryl methyl sites for hydroxylation is 1. The number of rotatable bonds is 2. The van der Waals surface area contributed by atoms with E-state index in [-0.39, 0.29) is 0 Å². The van der Waals surface area contributed by atoms with Crippen LogP contribution in [0.1, 0.15) is 58.6 Å². The number of para-hydroxylation sites is 1. The quantitative estimate of drug-likeness (QED) is 0.727. The SMILES string of the molecule is [2H]C([2H])([2H])c1n(-c2ccccc2C)c(C)c(C)[n+]1C1CCCC1. The van der Waals surface area contributed by atoms with Crippen molar-refractivity contribution >= 4 is 0 Å². The van der Waals surface area contributed by atoms with Crippen LogP contribution in [0.25, 0.3) is 5.69 Å². The highest BCUT2D eigenvalue weighted by molar-refractivity contribution is 5.42. The number of benzene rings is 1. The molecule has 0 amide bonds. The first-order chi connectivity index (χ1) is 10.8. The topological polar surface area (TPSA) is 8.81 Å². The second kappa shape index (κ2) is 5.08. The van der Waals surface area contributed by atoms with Crippen molar-refractivity contribution in [1.29, 1.82) is 0 Å². The van der Waals surface area contributed by atoms with Gasteiger partial charge >= 0.3 is 0 Å². The number of imidazole rings is 1. The van der Waals surface area contributed by atoms with Gasteiger partial charge in [-0.1, -0.05) is 18.2 Å². The third-order valence-corrected chi connectivity index (χ3v) is 4.71. The summed E-state index contributed by atoms with van der Waals surface area (Å²) >= 11 is 0. The van der Waals surface area contributed by atoms with Crippen LogP contribution in [0.15, 0.2) is 24.3 Å². The maximum absolute atomic E-state index is 8.14. The van der Waals surface area contributed by atoms with Crippen LogP contribution in [0.2, 0.25) is 0 Å². The fourth-order valence-electron chi connectivity index (χ4n) is 3.48. The molecule has 0 atom stereocenters. The summed E-state index contributed by atoms with van der Waals surface area (Å²) in [4.78, 5) is 0. The van der Waals surface area contributed by atoms with Crippen LogP contribution in [0, 0.1) is 27.6 Å². The summed E-state index contributed by atoms with van der Waals surface area (Å²) in [5.41, 5.74) is 4.16. The van der Waals surface area contributed by atoms with Gasteiger partial charge in [0, 0.05) is 24.8 Å². The van der Waals surface area contributed by atoms with Gasteiger partial charge < -0.3 is 0 Å². The Kier molecular flexibility index (Phi) is 2.59. The lowest BCUT2D eigenvalue weighted by atomic mass is 10.2. The Balaban J connectivity index is 2.32. The van der Waals surface area contributed by atoms with E-state index in [1.54, 1.807) is 0 Å². The summed E-state index contributed by atoms with van der Waals surface area (Å²) in [5, 5.41) is 0. The summed E-state index contributed by atoms with van der Waals surface area (Å²) < 4.78 is 28.5. The van der Waals surface area contributed by atoms with Gasteiger partial charge in [0.1, 0.15) is 23.1 Å². The van der Waals surface area contributed by atoms with Crippen molar-refractivity contribution in [2.24, 2.45) is 0 Å². The van der Waals surface area contributed by atoms with Crippen molar-refractivity contribution < 1.29 is 8.68 Å². The molecular weight excluding hydrogens is 244 g/mol. The predicted molar refractivity (Wildman–Crippen MR) is 82.4 cm³/mol. The van der Waals surface area contributed by atoms with Gasteiger partial charge in [0.25, 0.3) is 5.82 Å². The lowest BCUT2D eigenvalue weighted by Gasteiger charge is -2.09. The molecule has 3 rings (SSSR count). The molecule has 0 N–H and O–H groups in total. The maximum Gasteiger partial charge on any atom is 0.259 e. The minimum absolute atomic E-state index is 0.314. The van der Waals surface area contributed by atoms with Crippen molar-refractivity contribution in [1.82, 2.24) is 4.57 Å². The molecule has 1 aromatic carbocycles. The minimum atomic E-state index is -2.14. The molecule has 0 saturated heterocycles. The number of hydrogen-bond donors (Lipinski definition) is 0. The van der Waals surface area contributed by atoms with Crippen LogP contribution in [0.3, 0.4) is 0 Å². The Labute approximate surface area is 126 Å². The van der Waals surface area contributed by atoms with Gasteiger partial charge in [0.2, 0.25) is 0 Å². The average molecular weight is 272 g/mol. The second-order valence-electron chi connectivity index (χ2n) is 5.92. The Morgan fingerprint density at radius 1 is 1.15 bits per heavy atom. The first kappa shape index (κ1) is 10.2. The zero-order valence-corrected chi connectivity index (χ0v) is 12.6. The molecule has 0 unspecified atom stereocenters. The van der Waals surface area contributed by atoms with Crippen LogP contribution in [0.4, 0.5) is 0 Å².